The van der Waals surface area contributed by atoms with Crippen LogP contribution in [-0.4, -0.2) is 30.4 Å². The quantitative estimate of drug-likeness (QED) is 0.864. The highest BCUT2D eigenvalue weighted by atomic mass is 19.1. The first-order chi connectivity index (χ1) is 12.1. The van der Waals surface area contributed by atoms with E-state index < -0.39 is 17.6 Å². The van der Waals surface area contributed by atoms with Crippen molar-refractivity contribution >= 4 is 17.5 Å². The van der Waals surface area contributed by atoms with E-state index in [1.165, 1.54) is 23.1 Å². The summed E-state index contributed by atoms with van der Waals surface area (Å²) < 4.78 is 24.4. The van der Waals surface area contributed by atoms with Crippen LogP contribution in [0, 0.1) is 5.82 Å². The number of para-hydroxylation sites is 1. The molecule has 2 aromatic rings. The van der Waals surface area contributed by atoms with Crippen molar-refractivity contribution in [1.29, 1.82) is 0 Å². The zero-order chi connectivity index (χ0) is 17.8. The van der Waals surface area contributed by atoms with Crippen LogP contribution in [-0.2, 0) is 20.9 Å². The number of nitrogens with one attached hydrogen (secondary N) is 1. The molecule has 1 saturated heterocycles. The largest absolute Gasteiger partial charge is 0.461 e. The van der Waals surface area contributed by atoms with Crippen LogP contribution in [0.4, 0.5) is 10.1 Å². The summed E-state index contributed by atoms with van der Waals surface area (Å²) in [5.74, 6) is -0.864. The Hall–Kier alpha value is -2.67. The van der Waals surface area contributed by atoms with Gasteiger partial charge in [0.25, 0.3) is 0 Å². The number of ether oxygens (including phenoxy) is 1. The van der Waals surface area contributed by atoms with Gasteiger partial charge < -0.3 is 19.4 Å². The van der Waals surface area contributed by atoms with Gasteiger partial charge in [0.1, 0.15) is 23.9 Å². The van der Waals surface area contributed by atoms with Crippen LogP contribution in [0.15, 0.2) is 40.8 Å². The average molecular weight is 346 g/mol. The molecule has 1 N–H and O–H groups in total. The number of methoxy groups -OCH3 is 1. The Kier molecular flexibility index (Phi) is 5.14. The molecule has 1 atom stereocenters. The number of hydrogen-bond donors (Lipinski definition) is 1. The zero-order valence-electron chi connectivity index (χ0n) is 13.8. The van der Waals surface area contributed by atoms with Gasteiger partial charge in [-0.2, -0.15) is 0 Å². The third-order valence-electron chi connectivity index (χ3n) is 4.13. The summed E-state index contributed by atoms with van der Waals surface area (Å²) in [4.78, 5) is 26.2. The number of carbonyl (C=O) groups excluding carboxylic acids is 2. The fraction of sp³-hybridized carbons (Fsp3) is 0.333. The summed E-state index contributed by atoms with van der Waals surface area (Å²) in [6.45, 7) is 0.795. The van der Waals surface area contributed by atoms with Gasteiger partial charge in [-0.1, -0.05) is 12.1 Å². The number of amides is 2. The second-order valence-electron chi connectivity index (χ2n) is 5.83. The Morgan fingerprint density at radius 2 is 2.12 bits per heavy atom. The summed E-state index contributed by atoms with van der Waals surface area (Å²) in [7, 11) is 1.57. The van der Waals surface area contributed by atoms with E-state index in [1.54, 1.807) is 25.3 Å². The molecule has 25 heavy (non-hydrogen) atoms. The van der Waals surface area contributed by atoms with Gasteiger partial charge in [-0.3, -0.25) is 9.59 Å². The number of carbonyl (C=O) groups is 2. The third kappa shape index (κ3) is 3.71. The van der Waals surface area contributed by atoms with E-state index in [1.807, 2.05) is 0 Å². The summed E-state index contributed by atoms with van der Waals surface area (Å²) in [6.07, 6.45) is 1.47. The van der Waals surface area contributed by atoms with E-state index in [2.05, 4.69) is 5.32 Å². The number of halogens is 1. The van der Waals surface area contributed by atoms with Gasteiger partial charge in [0.15, 0.2) is 0 Å². The van der Waals surface area contributed by atoms with Crippen molar-refractivity contribution in [2.45, 2.75) is 25.5 Å². The van der Waals surface area contributed by atoms with Gasteiger partial charge in [-0.05, 0) is 37.1 Å². The van der Waals surface area contributed by atoms with Crippen molar-refractivity contribution in [1.82, 2.24) is 4.90 Å². The second kappa shape index (κ2) is 7.48. The predicted molar refractivity (Wildman–Crippen MR) is 88.1 cm³/mol. The first kappa shape index (κ1) is 17.2. The second-order valence-corrected chi connectivity index (χ2v) is 5.83. The van der Waals surface area contributed by atoms with Crippen LogP contribution in [0.25, 0.3) is 0 Å². The maximum atomic E-state index is 13.6. The molecule has 0 aliphatic carbocycles. The highest BCUT2D eigenvalue weighted by molar-refractivity contribution is 6.39. The normalized spacial score (nSPS) is 16.9. The summed E-state index contributed by atoms with van der Waals surface area (Å²) in [5.41, 5.74) is -0.0167. The SMILES string of the molecule is COCc1ccc(C2CCCN2C(=O)C(=O)Nc2ccccc2F)o1. The van der Waals surface area contributed by atoms with Crippen LogP contribution in [0.1, 0.15) is 30.4 Å². The minimum atomic E-state index is -0.860. The van der Waals surface area contributed by atoms with Crippen molar-refractivity contribution in [3.63, 3.8) is 0 Å². The Balaban J connectivity index is 1.71. The van der Waals surface area contributed by atoms with Gasteiger partial charge in [-0.25, -0.2) is 4.39 Å². The molecule has 2 heterocycles. The van der Waals surface area contributed by atoms with Gasteiger partial charge in [0, 0.05) is 13.7 Å². The van der Waals surface area contributed by atoms with E-state index in [0.717, 1.165) is 6.42 Å². The Morgan fingerprint density at radius 3 is 2.88 bits per heavy atom. The minimum absolute atomic E-state index is 0.0167. The highest BCUT2D eigenvalue weighted by Gasteiger charge is 2.35. The lowest BCUT2D eigenvalue weighted by atomic mass is 10.1. The standard InChI is InChI=1S/C18H19FN2O4/c1-24-11-12-8-9-16(25-12)15-7-4-10-21(15)18(23)17(22)20-14-6-3-2-5-13(14)19/h2-3,5-6,8-9,15H,4,7,10-11H2,1H3,(H,20,22). The molecule has 6 nitrogen and oxygen atoms in total. The molecule has 3 rings (SSSR count). The molecule has 0 bridgehead atoms. The first-order valence-corrected chi connectivity index (χ1v) is 8.04. The number of nitrogens with zero attached hydrogens (tertiary/aromatic N) is 1. The molecule has 1 aliphatic heterocycles. The lowest BCUT2D eigenvalue weighted by molar-refractivity contribution is -0.144. The lowest BCUT2D eigenvalue weighted by Gasteiger charge is -2.22. The highest BCUT2D eigenvalue weighted by Crippen LogP contribution is 2.33. The van der Waals surface area contributed by atoms with Crippen LogP contribution >= 0.6 is 0 Å². The number of benzene rings is 1. The molecule has 1 aromatic heterocycles. The average Bonchev–Trinajstić information content (AvgIpc) is 3.25. The topological polar surface area (TPSA) is 71.8 Å². The fourth-order valence-electron chi connectivity index (χ4n) is 2.97. The van der Waals surface area contributed by atoms with E-state index in [-0.39, 0.29) is 11.7 Å². The van der Waals surface area contributed by atoms with Crippen LogP contribution < -0.4 is 5.32 Å². The monoisotopic (exact) mass is 346 g/mol. The van der Waals surface area contributed by atoms with E-state index in [4.69, 9.17) is 9.15 Å². The molecule has 0 radical (unpaired) electrons. The number of anilines is 1. The molecule has 0 spiro atoms. The lowest BCUT2D eigenvalue weighted by Crippen LogP contribution is -2.39. The predicted octanol–water partition coefficient (Wildman–Crippen LogP) is 2.87. The number of likely N-dealkylation sites (tertiary alicyclic amines) is 1. The molecular formula is C18H19FN2O4. The van der Waals surface area contributed by atoms with Crippen LogP contribution in [0.2, 0.25) is 0 Å². The van der Waals surface area contributed by atoms with E-state index in [0.29, 0.717) is 31.1 Å². The van der Waals surface area contributed by atoms with Crippen molar-refractivity contribution < 1.29 is 23.1 Å². The van der Waals surface area contributed by atoms with Crippen LogP contribution in [0.5, 0.6) is 0 Å². The molecule has 1 unspecified atom stereocenters. The third-order valence-corrected chi connectivity index (χ3v) is 4.13. The van der Waals surface area contributed by atoms with Gasteiger partial charge >= 0.3 is 11.8 Å². The Labute approximate surface area is 144 Å². The van der Waals surface area contributed by atoms with E-state index >= 15 is 0 Å². The van der Waals surface area contributed by atoms with Crippen molar-refractivity contribution in [3.8, 4) is 0 Å². The van der Waals surface area contributed by atoms with Gasteiger partial charge in [-0.15, -0.1) is 0 Å². The van der Waals surface area contributed by atoms with Crippen molar-refractivity contribution in [2.75, 3.05) is 19.0 Å². The molecular weight excluding hydrogens is 327 g/mol. The van der Waals surface area contributed by atoms with E-state index in [9.17, 15) is 14.0 Å². The first-order valence-electron chi connectivity index (χ1n) is 8.04. The zero-order valence-corrected chi connectivity index (χ0v) is 13.8. The number of furan rings is 1. The molecule has 1 aromatic carbocycles. The minimum Gasteiger partial charge on any atom is -0.461 e. The molecule has 0 saturated carbocycles. The maximum Gasteiger partial charge on any atom is 0.314 e. The van der Waals surface area contributed by atoms with Crippen molar-refractivity contribution in [3.05, 3.63) is 53.7 Å². The Morgan fingerprint density at radius 1 is 1.32 bits per heavy atom. The smallest absolute Gasteiger partial charge is 0.314 e. The van der Waals surface area contributed by atoms with Crippen LogP contribution in [0.3, 0.4) is 0 Å². The van der Waals surface area contributed by atoms with Crippen molar-refractivity contribution in [2.24, 2.45) is 0 Å². The fourth-order valence-corrected chi connectivity index (χ4v) is 2.97. The Bertz CT molecular complexity index is 774. The number of rotatable bonds is 4. The van der Waals surface area contributed by atoms with Gasteiger partial charge in [0.05, 0.1) is 11.7 Å². The summed E-state index contributed by atoms with van der Waals surface area (Å²) >= 11 is 0. The summed E-state index contributed by atoms with van der Waals surface area (Å²) in [5, 5.41) is 2.33. The summed E-state index contributed by atoms with van der Waals surface area (Å²) in [6, 6.07) is 9.01. The molecule has 7 heteroatoms. The number of hydrogen-bond acceptors (Lipinski definition) is 4. The molecule has 1 fully saturated rings. The molecule has 1 aliphatic rings. The molecule has 2 amide bonds. The van der Waals surface area contributed by atoms with Gasteiger partial charge in [0.2, 0.25) is 0 Å². The maximum absolute atomic E-state index is 13.6. The molecule has 132 valence electrons.